The highest BCUT2D eigenvalue weighted by molar-refractivity contribution is 8.00. The molecule has 0 aromatic heterocycles. The fourth-order valence-corrected chi connectivity index (χ4v) is 2.80. The van der Waals surface area contributed by atoms with Gasteiger partial charge in [-0.15, -0.1) is 11.8 Å². The molecule has 2 aromatic carbocycles. The summed E-state index contributed by atoms with van der Waals surface area (Å²) in [5.74, 6) is 0.374. The van der Waals surface area contributed by atoms with Crippen LogP contribution in [-0.2, 0) is 25.7 Å². The molecule has 0 atom stereocenters. The van der Waals surface area contributed by atoms with E-state index in [0.717, 1.165) is 5.56 Å². The standard InChI is InChI=1S/C19H20O6S/c1-22-18(20)12-25-16-9-8-15(10-17(16)26-13-19(21)23-2)24-11-14-6-4-3-5-7-14/h3-10H,11-13H2,1-2H3. The van der Waals surface area contributed by atoms with Gasteiger partial charge in [0, 0.05) is 0 Å². The molecule has 0 aliphatic carbocycles. The van der Waals surface area contributed by atoms with E-state index < -0.39 is 5.97 Å². The summed E-state index contributed by atoms with van der Waals surface area (Å²) in [6.07, 6.45) is 0. The lowest BCUT2D eigenvalue weighted by Crippen LogP contribution is -2.13. The molecule has 0 aliphatic heterocycles. The van der Waals surface area contributed by atoms with Gasteiger partial charge in [0.1, 0.15) is 18.1 Å². The number of thioether (sulfide) groups is 1. The van der Waals surface area contributed by atoms with Crippen molar-refractivity contribution in [3.63, 3.8) is 0 Å². The normalized spacial score (nSPS) is 10.1. The van der Waals surface area contributed by atoms with Crippen LogP contribution in [0.3, 0.4) is 0 Å². The average Bonchev–Trinajstić information content (AvgIpc) is 2.69. The van der Waals surface area contributed by atoms with E-state index in [9.17, 15) is 9.59 Å². The van der Waals surface area contributed by atoms with E-state index in [2.05, 4.69) is 9.47 Å². The summed E-state index contributed by atoms with van der Waals surface area (Å²) in [7, 11) is 2.62. The average molecular weight is 376 g/mol. The first kappa shape index (κ1) is 19.7. The molecule has 0 radical (unpaired) electrons. The SMILES string of the molecule is COC(=O)COc1ccc(OCc2ccccc2)cc1SCC(=O)OC. The lowest BCUT2D eigenvalue weighted by molar-refractivity contribution is -0.143. The molecule has 0 bridgehead atoms. The van der Waals surface area contributed by atoms with Gasteiger partial charge in [0.25, 0.3) is 0 Å². The van der Waals surface area contributed by atoms with E-state index in [0.29, 0.717) is 23.0 Å². The molecule has 0 unspecified atom stereocenters. The first-order valence-corrected chi connectivity index (χ1v) is 8.81. The topological polar surface area (TPSA) is 71.1 Å². The highest BCUT2D eigenvalue weighted by Crippen LogP contribution is 2.33. The minimum Gasteiger partial charge on any atom is -0.489 e. The lowest BCUT2D eigenvalue weighted by atomic mass is 10.2. The van der Waals surface area contributed by atoms with Gasteiger partial charge < -0.3 is 18.9 Å². The number of methoxy groups -OCH3 is 2. The molecule has 2 aromatic rings. The van der Waals surface area contributed by atoms with Crippen LogP contribution in [0.25, 0.3) is 0 Å². The first-order chi connectivity index (χ1) is 12.6. The summed E-state index contributed by atoms with van der Waals surface area (Å²) in [4.78, 5) is 23.4. The van der Waals surface area contributed by atoms with Gasteiger partial charge in [-0.2, -0.15) is 0 Å². The van der Waals surface area contributed by atoms with Crippen molar-refractivity contribution in [2.75, 3.05) is 26.6 Å². The Hall–Kier alpha value is -2.67. The minimum absolute atomic E-state index is 0.118. The number of esters is 2. The Bertz CT molecular complexity index is 732. The van der Waals surface area contributed by atoms with Crippen molar-refractivity contribution >= 4 is 23.7 Å². The van der Waals surface area contributed by atoms with Gasteiger partial charge in [-0.1, -0.05) is 30.3 Å². The molecule has 0 saturated heterocycles. The highest BCUT2D eigenvalue weighted by atomic mass is 32.2. The maximum absolute atomic E-state index is 11.4. The number of ether oxygens (including phenoxy) is 4. The summed E-state index contributed by atoms with van der Waals surface area (Å²) in [6.45, 7) is 0.205. The summed E-state index contributed by atoms with van der Waals surface area (Å²) in [5, 5.41) is 0. The van der Waals surface area contributed by atoms with Gasteiger partial charge in [-0.25, -0.2) is 4.79 Å². The third kappa shape index (κ3) is 6.33. The van der Waals surface area contributed by atoms with Crippen LogP contribution in [0.5, 0.6) is 11.5 Å². The fourth-order valence-electron chi connectivity index (χ4n) is 1.94. The molecular weight excluding hydrogens is 356 g/mol. The largest absolute Gasteiger partial charge is 0.489 e. The van der Waals surface area contributed by atoms with Crippen molar-refractivity contribution in [2.45, 2.75) is 11.5 Å². The number of carbonyl (C=O) groups is 2. The Kier molecular flexibility index (Phi) is 7.82. The van der Waals surface area contributed by atoms with E-state index in [1.54, 1.807) is 18.2 Å². The zero-order chi connectivity index (χ0) is 18.8. The predicted octanol–water partition coefficient (Wildman–Crippen LogP) is 3.08. The Labute approximate surface area is 156 Å². The highest BCUT2D eigenvalue weighted by Gasteiger charge is 2.12. The molecule has 0 saturated carbocycles. The van der Waals surface area contributed by atoms with E-state index in [1.165, 1.54) is 26.0 Å². The molecule has 0 fully saturated rings. The molecule has 0 aliphatic rings. The number of benzene rings is 2. The molecule has 7 heteroatoms. The Balaban J connectivity index is 2.09. The molecule has 0 spiro atoms. The number of hydrogen-bond acceptors (Lipinski definition) is 7. The Morgan fingerprint density at radius 2 is 1.65 bits per heavy atom. The van der Waals surface area contributed by atoms with Crippen LogP contribution in [0.4, 0.5) is 0 Å². The summed E-state index contributed by atoms with van der Waals surface area (Å²) in [6, 6.07) is 15.0. The van der Waals surface area contributed by atoms with Crippen LogP contribution in [-0.4, -0.2) is 38.5 Å². The van der Waals surface area contributed by atoms with Gasteiger partial charge in [0.2, 0.25) is 0 Å². The molecule has 138 valence electrons. The van der Waals surface area contributed by atoms with Crippen LogP contribution < -0.4 is 9.47 Å². The number of hydrogen-bond donors (Lipinski definition) is 0. The monoisotopic (exact) mass is 376 g/mol. The van der Waals surface area contributed by atoms with Gasteiger partial charge in [0.05, 0.1) is 24.9 Å². The van der Waals surface area contributed by atoms with Crippen molar-refractivity contribution in [3.05, 3.63) is 54.1 Å². The van der Waals surface area contributed by atoms with Crippen molar-refractivity contribution < 1.29 is 28.5 Å². The molecule has 0 heterocycles. The first-order valence-electron chi connectivity index (χ1n) is 7.82. The smallest absolute Gasteiger partial charge is 0.343 e. The second-order valence-corrected chi connectivity index (χ2v) is 6.13. The molecule has 2 rings (SSSR count). The minimum atomic E-state index is -0.488. The predicted molar refractivity (Wildman–Crippen MR) is 97.5 cm³/mol. The third-order valence-corrected chi connectivity index (χ3v) is 4.32. The zero-order valence-electron chi connectivity index (χ0n) is 14.6. The van der Waals surface area contributed by atoms with Crippen LogP contribution in [0.15, 0.2) is 53.4 Å². The van der Waals surface area contributed by atoms with Gasteiger partial charge in [-0.05, 0) is 23.8 Å². The number of rotatable bonds is 9. The maximum Gasteiger partial charge on any atom is 0.343 e. The van der Waals surface area contributed by atoms with Gasteiger partial charge in [0.15, 0.2) is 6.61 Å². The summed E-state index contributed by atoms with van der Waals surface area (Å²) >= 11 is 1.24. The maximum atomic E-state index is 11.4. The zero-order valence-corrected chi connectivity index (χ0v) is 15.4. The van der Waals surface area contributed by atoms with Crippen LogP contribution in [0, 0.1) is 0 Å². The van der Waals surface area contributed by atoms with Crippen LogP contribution >= 0.6 is 11.8 Å². The second kappa shape index (κ2) is 10.4. The van der Waals surface area contributed by atoms with Crippen molar-refractivity contribution in [1.29, 1.82) is 0 Å². The van der Waals surface area contributed by atoms with E-state index in [1.807, 2.05) is 30.3 Å². The van der Waals surface area contributed by atoms with E-state index in [4.69, 9.17) is 9.47 Å². The number of carbonyl (C=O) groups excluding carboxylic acids is 2. The van der Waals surface area contributed by atoms with Gasteiger partial charge >= 0.3 is 11.9 Å². The molecule has 26 heavy (non-hydrogen) atoms. The third-order valence-electron chi connectivity index (χ3n) is 3.31. The molecular formula is C19H20O6S. The van der Waals surface area contributed by atoms with Crippen molar-refractivity contribution in [1.82, 2.24) is 0 Å². The fraction of sp³-hybridized carbons (Fsp3) is 0.263. The Morgan fingerprint density at radius 3 is 2.35 bits per heavy atom. The van der Waals surface area contributed by atoms with Gasteiger partial charge in [-0.3, -0.25) is 4.79 Å². The lowest BCUT2D eigenvalue weighted by Gasteiger charge is -2.13. The van der Waals surface area contributed by atoms with Crippen LogP contribution in [0.2, 0.25) is 0 Å². The summed E-state index contributed by atoms with van der Waals surface area (Å²) < 4.78 is 20.5. The molecule has 0 amide bonds. The quantitative estimate of drug-likeness (QED) is 0.492. The molecule has 0 N–H and O–H groups in total. The van der Waals surface area contributed by atoms with Crippen molar-refractivity contribution in [2.24, 2.45) is 0 Å². The van der Waals surface area contributed by atoms with E-state index >= 15 is 0 Å². The summed E-state index contributed by atoms with van der Waals surface area (Å²) in [5.41, 5.74) is 1.04. The van der Waals surface area contributed by atoms with Crippen molar-refractivity contribution in [3.8, 4) is 11.5 Å². The Morgan fingerprint density at radius 1 is 0.923 bits per heavy atom. The van der Waals surface area contributed by atoms with Crippen LogP contribution in [0.1, 0.15) is 5.56 Å². The van der Waals surface area contributed by atoms with E-state index in [-0.39, 0.29) is 18.3 Å². The second-order valence-electron chi connectivity index (χ2n) is 5.11. The molecule has 6 nitrogen and oxygen atoms in total.